The largest absolute Gasteiger partial charge is 0.354 e. The second-order valence-electron chi connectivity index (χ2n) is 9.81. The van der Waals surface area contributed by atoms with E-state index in [0.717, 1.165) is 5.56 Å². The second-order valence-corrected chi connectivity index (χ2v) is 12.1. The average Bonchev–Trinajstić information content (AvgIpc) is 3.11. The van der Waals surface area contributed by atoms with Crippen LogP contribution in [0.2, 0.25) is 5.02 Å². The van der Waals surface area contributed by atoms with E-state index in [2.05, 4.69) is 5.32 Å². The number of halogens is 1. The Morgan fingerprint density at radius 3 is 2.21 bits per heavy atom. The van der Waals surface area contributed by atoms with Crippen LogP contribution < -0.4 is 5.32 Å². The number of nitrogens with zero attached hydrogens (tertiary/aromatic N) is 2. The van der Waals surface area contributed by atoms with E-state index in [1.165, 1.54) is 23.1 Å². The summed E-state index contributed by atoms with van der Waals surface area (Å²) in [6, 6.07) is 21.0. The third kappa shape index (κ3) is 6.49. The molecule has 0 bridgehead atoms. The minimum Gasteiger partial charge on any atom is -0.354 e. The highest BCUT2D eigenvalue weighted by molar-refractivity contribution is 7.90. The zero-order valence-electron chi connectivity index (χ0n) is 21.7. The quantitative estimate of drug-likeness (QED) is 0.400. The molecule has 0 aliphatic carbocycles. The fourth-order valence-electron chi connectivity index (χ4n) is 4.36. The number of hydrogen-bond acceptors (Lipinski definition) is 5. The van der Waals surface area contributed by atoms with Gasteiger partial charge in [-0.05, 0) is 41.3 Å². The van der Waals surface area contributed by atoms with E-state index in [4.69, 9.17) is 11.6 Å². The number of carbonyl (C=O) groups is 3. The van der Waals surface area contributed by atoms with Crippen molar-refractivity contribution < 1.29 is 22.8 Å². The predicted molar refractivity (Wildman–Crippen MR) is 148 cm³/mol. The Bertz CT molecular complexity index is 1460. The molecule has 1 aliphatic rings. The molecule has 0 saturated heterocycles. The summed E-state index contributed by atoms with van der Waals surface area (Å²) in [4.78, 5) is 41.6. The molecule has 39 heavy (non-hydrogen) atoms. The monoisotopic (exact) mass is 567 g/mol. The maximum absolute atomic E-state index is 13.9. The molecule has 0 unspecified atom stereocenters. The van der Waals surface area contributed by atoms with Crippen molar-refractivity contribution in [2.24, 2.45) is 5.92 Å². The summed E-state index contributed by atoms with van der Waals surface area (Å²) in [6.45, 7) is 3.61. The van der Waals surface area contributed by atoms with Gasteiger partial charge in [0, 0.05) is 24.5 Å². The van der Waals surface area contributed by atoms with E-state index < -0.39 is 34.4 Å². The summed E-state index contributed by atoms with van der Waals surface area (Å²) in [5, 5.41) is 3.43. The lowest BCUT2D eigenvalue weighted by Crippen LogP contribution is -2.53. The Kier molecular flexibility index (Phi) is 8.72. The lowest BCUT2D eigenvalue weighted by molar-refractivity contribution is -0.141. The molecule has 3 amide bonds. The van der Waals surface area contributed by atoms with Gasteiger partial charge in [0.15, 0.2) is 0 Å². The van der Waals surface area contributed by atoms with Gasteiger partial charge in [-0.1, -0.05) is 80.0 Å². The van der Waals surface area contributed by atoms with Gasteiger partial charge in [0.25, 0.3) is 15.9 Å². The molecule has 4 rings (SSSR count). The van der Waals surface area contributed by atoms with Crippen LogP contribution in [0, 0.1) is 5.92 Å². The van der Waals surface area contributed by atoms with Crippen LogP contribution in [0.1, 0.15) is 35.3 Å². The van der Waals surface area contributed by atoms with Crippen LogP contribution in [0.25, 0.3) is 0 Å². The Balaban J connectivity index is 1.70. The number of fused-ring (bicyclic) bond motifs is 1. The maximum atomic E-state index is 13.9. The molecule has 3 aromatic rings. The average molecular weight is 568 g/mol. The van der Waals surface area contributed by atoms with E-state index in [9.17, 15) is 22.8 Å². The van der Waals surface area contributed by atoms with Gasteiger partial charge in [0.2, 0.25) is 11.8 Å². The van der Waals surface area contributed by atoms with E-state index in [-0.39, 0.29) is 35.2 Å². The van der Waals surface area contributed by atoms with Crippen LogP contribution in [0.3, 0.4) is 0 Å². The molecule has 0 aromatic heterocycles. The lowest BCUT2D eigenvalue weighted by Gasteiger charge is -2.32. The topological polar surface area (TPSA) is 104 Å². The van der Waals surface area contributed by atoms with Gasteiger partial charge in [-0.2, -0.15) is 0 Å². The first-order chi connectivity index (χ1) is 18.6. The van der Waals surface area contributed by atoms with E-state index in [0.29, 0.717) is 21.4 Å². The molecule has 10 heteroatoms. The maximum Gasteiger partial charge on any atom is 0.269 e. The zero-order valence-corrected chi connectivity index (χ0v) is 23.3. The Morgan fingerprint density at radius 2 is 1.56 bits per heavy atom. The van der Waals surface area contributed by atoms with Gasteiger partial charge in [-0.3, -0.25) is 14.4 Å². The summed E-state index contributed by atoms with van der Waals surface area (Å²) >= 11 is 6.05. The molecular formula is C29H30ClN3O5S. The molecule has 1 aliphatic heterocycles. The summed E-state index contributed by atoms with van der Waals surface area (Å²) in [5.74, 6) is -1.63. The van der Waals surface area contributed by atoms with Crippen molar-refractivity contribution >= 4 is 39.3 Å². The molecule has 204 valence electrons. The normalized spacial score (nSPS) is 14.7. The van der Waals surface area contributed by atoms with Crippen molar-refractivity contribution in [2.45, 2.75) is 37.8 Å². The molecular weight excluding hydrogens is 538 g/mol. The van der Waals surface area contributed by atoms with Gasteiger partial charge < -0.3 is 10.2 Å². The van der Waals surface area contributed by atoms with Crippen molar-refractivity contribution in [1.29, 1.82) is 0 Å². The van der Waals surface area contributed by atoms with Gasteiger partial charge in [0.1, 0.15) is 17.5 Å². The molecule has 8 nitrogen and oxygen atoms in total. The van der Waals surface area contributed by atoms with E-state index in [1.54, 1.807) is 30.3 Å². The Hall–Kier alpha value is -3.69. The van der Waals surface area contributed by atoms with Crippen LogP contribution in [0.5, 0.6) is 0 Å². The predicted octanol–water partition coefficient (Wildman–Crippen LogP) is 3.90. The number of sulfonamides is 1. The van der Waals surface area contributed by atoms with Crippen molar-refractivity contribution in [1.82, 2.24) is 14.5 Å². The molecule has 3 aromatic carbocycles. The Morgan fingerprint density at radius 1 is 0.923 bits per heavy atom. The zero-order chi connectivity index (χ0) is 28.2. The van der Waals surface area contributed by atoms with Crippen LogP contribution >= 0.6 is 11.6 Å². The van der Waals surface area contributed by atoms with Crippen LogP contribution in [-0.4, -0.2) is 54.5 Å². The minimum atomic E-state index is -4.21. The molecule has 0 spiro atoms. The smallest absolute Gasteiger partial charge is 0.269 e. The highest BCUT2D eigenvalue weighted by atomic mass is 35.5. The molecule has 0 fully saturated rings. The van der Waals surface area contributed by atoms with Gasteiger partial charge in [-0.25, -0.2) is 12.7 Å². The van der Waals surface area contributed by atoms with Crippen molar-refractivity contribution in [3.05, 3.63) is 101 Å². The number of nitrogens with one attached hydrogen (secondary N) is 1. The summed E-state index contributed by atoms with van der Waals surface area (Å²) in [5.41, 5.74) is 1.54. The van der Waals surface area contributed by atoms with Crippen molar-refractivity contribution in [2.75, 3.05) is 13.1 Å². The number of hydrogen-bond donors (Lipinski definition) is 1. The first-order valence-electron chi connectivity index (χ1n) is 12.6. The standard InChI is InChI=1S/C29H30ClN3O5S/c1-20(2)17-31-28(35)25(16-21-8-4-3-5-9-21)32(18-22-12-14-23(30)15-13-22)27(34)19-33-29(36)24-10-6-7-11-26(24)39(33,37)38/h3-15,20,25H,16-19H2,1-2H3,(H,31,35)/t25-/m1/s1. The van der Waals surface area contributed by atoms with E-state index in [1.807, 2.05) is 44.2 Å². The molecule has 0 saturated carbocycles. The molecule has 1 atom stereocenters. The number of benzene rings is 3. The summed E-state index contributed by atoms with van der Waals surface area (Å²) in [6.07, 6.45) is 0.199. The summed E-state index contributed by atoms with van der Waals surface area (Å²) < 4.78 is 26.9. The first-order valence-corrected chi connectivity index (χ1v) is 14.4. The minimum absolute atomic E-state index is 0.0115. The van der Waals surface area contributed by atoms with Crippen molar-refractivity contribution in [3.8, 4) is 0 Å². The van der Waals surface area contributed by atoms with Gasteiger partial charge in [-0.15, -0.1) is 0 Å². The highest BCUT2D eigenvalue weighted by Gasteiger charge is 2.43. The molecule has 0 radical (unpaired) electrons. The molecule has 1 N–H and O–H groups in total. The number of carbonyl (C=O) groups excluding carboxylic acids is 3. The number of amides is 3. The second kappa shape index (κ2) is 12.0. The lowest BCUT2D eigenvalue weighted by atomic mass is 10.0. The molecule has 1 heterocycles. The summed E-state index contributed by atoms with van der Waals surface area (Å²) in [7, 11) is -4.21. The first kappa shape index (κ1) is 28.3. The van der Waals surface area contributed by atoms with Gasteiger partial charge >= 0.3 is 0 Å². The van der Waals surface area contributed by atoms with Crippen LogP contribution in [-0.2, 0) is 32.6 Å². The highest BCUT2D eigenvalue weighted by Crippen LogP contribution is 2.30. The third-order valence-corrected chi connectivity index (χ3v) is 8.45. The fourth-order valence-corrected chi connectivity index (χ4v) is 6.01. The van der Waals surface area contributed by atoms with Crippen LogP contribution in [0.15, 0.2) is 83.8 Å². The SMILES string of the molecule is CC(C)CNC(=O)[C@@H](Cc1ccccc1)N(Cc1ccc(Cl)cc1)C(=O)CN1C(=O)c2ccccc2S1(=O)=O. The number of rotatable bonds is 10. The third-order valence-electron chi connectivity index (χ3n) is 6.41. The van der Waals surface area contributed by atoms with Crippen LogP contribution in [0.4, 0.5) is 0 Å². The fraction of sp³-hybridized carbons (Fsp3) is 0.276. The Labute approximate surface area is 233 Å². The van der Waals surface area contributed by atoms with E-state index >= 15 is 0 Å². The van der Waals surface area contributed by atoms with Crippen molar-refractivity contribution in [3.63, 3.8) is 0 Å². The van der Waals surface area contributed by atoms with Gasteiger partial charge in [0.05, 0.1) is 5.56 Å².